The van der Waals surface area contributed by atoms with E-state index in [2.05, 4.69) is 10.1 Å². The van der Waals surface area contributed by atoms with E-state index in [-0.39, 0.29) is 40.5 Å². The number of amides is 1. The van der Waals surface area contributed by atoms with Crippen molar-refractivity contribution in [3.05, 3.63) is 40.1 Å². The Morgan fingerprint density at radius 2 is 2.12 bits per heavy atom. The second-order valence-corrected chi connectivity index (χ2v) is 6.74. The summed E-state index contributed by atoms with van der Waals surface area (Å²) in [6.45, 7) is 0.119. The fourth-order valence-electron chi connectivity index (χ4n) is 3.57. The maximum atomic E-state index is 14.5. The summed E-state index contributed by atoms with van der Waals surface area (Å²) >= 11 is 5.95. The number of esters is 1. The normalized spacial score (nSPS) is 22.5. The van der Waals surface area contributed by atoms with Crippen LogP contribution in [0.4, 0.5) is 18.9 Å². The van der Waals surface area contributed by atoms with E-state index in [1.807, 2.05) is 0 Å². The van der Waals surface area contributed by atoms with Gasteiger partial charge in [0, 0.05) is 24.3 Å². The van der Waals surface area contributed by atoms with Crippen LogP contribution in [0.5, 0.6) is 0 Å². The third-order valence-corrected chi connectivity index (χ3v) is 5.13. The fraction of sp³-hybridized carbons (Fsp3) is 0.412. The summed E-state index contributed by atoms with van der Waals surface area (Å²) < 4.78 is 47.9. The highest BCUT2D eigenvalue weighted by atomic mass is 35.5. The van der Waals surface area contributed by atoms with Crippen molar-refractivity contribution in [1.82, 2.24) is 4.90 Å². The van der Waals surface area contributed by atoms with Crippen molar-refractivity contribution in [3.8, 4) is 0 Å². The van der Waals surface area contributed by atoms with Crippen LogP contribution in [0, 0.1) is 0 Å². The van der Waals surface area contributed by atoms with E-state index in [9.17, 15) is 22.8 Å². The first-order chi connectivity index (χ1) is 12.1. The van der Waals surface area contributed by atoms with Crippen LogP contribution in [0.2, 0.25) is 5.02 Å². The van der Waals surface area contributed by atoms with Gasteiger partial charge in [-0.05, 0) is 35.8 Å². The van der Waals surface area contributed by atoms with Crippen molar-refractivity contribution in [2.24, 2.45) is 0 Å². The number of nitrogens with one attached hydrogen (secondary N) is 1. The van der Waals surface area contributed by atoms with Crippen LogP contribution in [0.15, 0.2) is 29.5 Å². The van der Waals surface area contributed by atoms with Crippen molar-refractivity contribution >= 4 is 29.2 Å². The van der Waals surface area contributed by atoms with Crippen LogP contribution < -0.4 is 5.32 Å². The maximum Gasteiger partial charge on any atom is 0.402 e. The average Bonchev–Trinajstić information content (AvgIpc) is 2.57. The second-order valence-electron chi connectivity index (χ2n) is 6.30. The number of rotatable bonds is 2. The van der Waals surface area contributed by atoms with Gasteiger partial charge in [-0.3, -0.25) is 9.59 Å². The molecular weight excluding hydrogens is 373 g/mol. The van der Waals surface area contributed by atoms with Crippen molar-refractivity contribution in [3.63, 3.8) is 0 Å². The summed E-state index contributed by atoms with van der Waals surface area (Å²) in [6, 6.07) is 3.99. The van der Waals surface area contributed by atoms with Crippen LogP contribution in [0.3, 0.4) is 0 Å². The molecule has 0 saturated heterocycles. The number of carbonyl (C=O) groups is 2. The third kappa shape index (κ3) is 2.63. The molecule has 9 heteroatoms. The highest BCUT2D eigenvalue weighted by Gasteiger charge is 2.63. The molecule has 1 amide bonds. The predicted molar refractivity (Wildman–Crippen MR) is 88.7 cm³/mol. The van der Waals surface area contributed by atoms with Crippen molar-refractivity contribution in [2.45, 2.75) is 24.4 Å². The summed E-state index contributed by atoms with van der Waals surface area (Å²) in [7, 11) is 2.54. The third-order valence-electron chi connectivity index (χ3n) is 4.90. The number of alkyl halides is 3. The van der Waals surface area contributed by atoms with E-state index in [0.717, 1.165) is 7.11 Å². The molecule has 140 valence electrons. The average molecular weight is 389 g/mol. The second kappa shape index (κ2) is 6.19. The summed E-state index contributed by atoms with van der Waals surface area (Å²) in [5, 5.41) is 2.91. The lowest BCUT2D eigenvalue weighted by Crippen LogP contribution is -2.53. The van der Waals surface area contributed by atoms with Crippen LogP contribution in [0.25, 0.3) is 0 Å². The van der Waals surface area contributed by atoms with Gasteiger partial charge in [0.1, 0.15) is 11.1 Å². The molecule has 0 fully saturated rings. The summed E-state index contributed by atoms with van der Waals surface area (Å²) in [5.41, 5.74) is -3.06. The van der Waals surface area contributed by atoms with E-state index in [1.165, 1.54) is 30.1 Å². The number of nitrogens with zero attached hydrogens (tertiary/aromatic N) is 1. The van der Waals surface area contributed by atoms with Gasteiger partial charge >= 0.3 is 12.1 Å². The molecule has 26 heavy (non-hydrogen) atoms. The molecule has 0 spiro atoms. The molecule has 1 aromatic carbocycles. The first-order valence-electron chi connectivity index (χ1n) is 7.81. The molecule has 0 bridgehead atoms. The Morgan fingerprint density at radius 3 is 2.73 bits per heavy atom. The Labute approximate surface area is 152 Å². The molecule has 1 atom stereocenters. The number of anilines is 1. The summed E-state index contributed by atoms with van der Waals surface area (Å²) in [5.74, 6) is -1.57. The van der Waals surface area contributed by atoms with Crippen LogP contribution >= 0.6 is 11.6 Å². The molecule has 0 radical (unpaired) electrons. The molecular formula is C17H16ClF3N2O3. The van der Waals surface area contributed by atoms with Crippen molar-refractivity contribution in [2.75, 3.05) is 26.0 Å². The molecule has 5 nitrogen and oxygen atoms in total. The van der Waals surface area contributed by atoms with E-state index in [1.54, 1.807) is 0 Å². The lowest BCUT2D eigenvalue weighted by Gasteiger charge is -2.45. The number of likely N-dealkylation sites (N-methyl/N-ethyl adjacent to an activating group) is 1. The van der Waals surface area contributed by atoms with Gasteiger partial charge in [0.2, 0.25) is 0 Å². The molecule has 1 N–H and O–H groups in total. The van der Waals surface area contributed by atoms with Gasteiger partial charge in [-0.1, -0.05) is 11.6 Å². The largest absolute Gasteiger partial charge is 0.469 e. The number of methoxy groups -OCH3 is 1. The van der Waals surface area contributed by atoms with Gasteiger partial charge in [0.05, 0.1) is 13.5 Å². The number of halogens is 4. The molecule has 0 saturated carbocycles. The minimum Gasteiger partial charge on any atom is -0.469 e. The Kier molecular flexibility index (Phi) is 4.42. The monoisotopic (exact) mass is 388 g/mol. The van der Waals surface area contributed by atoms with Crippen LogP contribution in [-0.2, 0) is 19.7 Å². The van der Waals surface area contributed by atoms with Crippen LogP contribution in [0.1, 0.15) is 18.4 Å². The lowest BCUT2D eigenvalue weighted by molar-refractivity contribution is -0.189. The molecule has 0 aromatic heterocycles. The molecule has 1 aromatic rings. The summed E-state index contributed by atoms with van der Waals surface area (Å²) in [6.07, 6.45) is -5.82. The van der Waals surface area contributed by atoms with Gasteiger partial charge in [-0.2, -0.15) is 13.2 Å². The first-order valence-corrected chi connectivity index (χ1v) is 8.19. The number of hydrogen-bond acceptors (Lipinski definition) is 4. The minimum atomic E-state index is -4.83. The van der Waals surface area contributed by atoms with Crippen LogP contribution in [-0.4, -0.2) is 43.7 Å². The zero-order chi connectivity index (χ0) is 19.3. The Hall–Kier alpha value is -2.22. The van der Waals surface area contributed by atoms with E-state index < -0.39 is 29.9 Å². The maximum absolute atomic E-state index is 14.5. The number of fused-ring (bicyclic) bond motifs is 1. The van der Waals surface area contributed by atoms with Gasteiger partial charge in [0.25, 0.3) is 5.91 Å². The molecule has 1 unspecified atom stereocenters. The number of ether oxygens (including phenoxy) is 1. The van der Waals surface area contributed by atoms with Gasteiger partial charge in [-0.25, -0.2) is 0 Å². The predicted octanol–water partition coefficient (Wildman–Crippen LogP) is 3.24. The van der Waals surface area contributed by atoms with Crippen molar-refractivity contribution in [1.29, 1.82) is 0 Å². The van der Waals surface area contributed by atoms with Crippen molar-refractivity contribution < 1.29 is 27.5 Å². The molecule has 2 heterocycles. The molecule has 2 aliphatic heterocycles. The highest BCUT2D eigenvalue weighted by Crippen LogP contribution is 2.56. The van der Waals surface area contributed by atoms with E-state index in [4.69, 9.17) is 11.6 Å². The molecule has 0 aliphatic carbocycles. The standard InChI is InChI=1S/C17H16ClF3N2O3/c1-23-6-5-10-14(15(23)25)22-12-4-3-9(18)7-11(12)16(10,17(19,20)21)8-13(24)26-2/h3-4,7,22H,5-6,8H2,1-2H3. The Morgan fingerprint density at radius 1 is 1.42 bits per heavy atom. The first kappa shape index (κ1) is 18.6. The smallest absolute Gasteiger partial charge is 0.402 e. The highest BCUT2D eigenvalue weighted by molar-refractivity contribution is 6.30. The van der Waals surface area contributed by atoms with Gasteiger partial charge in [-0.15, -0.1) is 0 Å². The Balaban J connectivity index is 2.36. The molecule has 2 aliphatic rings. The molecule has 3 rings (SSSR count). The summed E-state index contributed by atoms with van der Waals surface area (Å²) in [4.78, 5) is 25.8. The lowest BCUT2D eigenvalue weighted by atomic mass is 9.66. The minimum absolute atomic E-state index is 0.0208. The number of hydrogen-bond donors (Lipinski definition) is 1. The number of benzene rings is 1. The van der Waals surface area contributed by atoms with Gasteiger partial charge in [0.15, 0.2) is 0 Å². The van der Waals surface area contributed by atoms with E-state index >= 15 is 0 Å². The van der Waals surface area contributed by atoms with E-state index in [0.29, 0.717) is 0 Å². The fourth-order valence-corrected chi connectivity index (χ4v) is 3.74. The van der Waals surface area contributed by atoms with Gasteiger partial charge < -0.3 is 15.0 Å². The topological polar surface area (TPSA) is 58.6 Å². The SMILES string of the molecule is COC(=O)CC1(C(F)(F)F)C2=C(Nc3ccc(Cl)cc31)C(=O)N(C)CC2. The zero-order valence-electron chi connectivity index (χ0n) is 14.0. The zero-order valence-corrected chi connectivity index (χ0v) is 14.8. The quantitative estimate of drug-likeness (QED) is 0.790. The Bertz CT molecular complexity index is 822. The number of carbonyl (C=O) groups excluding carboxylic acids is 2.